The minimum Gasteiger partial charge on any atom is -0.300 e. The molecule has 0 saturated carbocycles. The Kier molecular flexibility index (Phi) is 6.08. The van der Waals surface area contributed by atoms with Crippen molar-refractivity contribution in [3.05, 3.63) is 22.9 Å². The molecule has 0 unspecified atom stereocenters. The van der Waals surface area contributed by atoms with E-state index in [0.717, 1.165) is 0 Å². The van der Waals surface area contributed by atoms with E-state index in [4.69, 9.17) is 0 Å². The van der Waals surface area contributed by atoms with Gasteiger partial charge in [-0.25, -0.2) is 0 Å². The third-order valence-electron chi connectivity index (χ3n) is 1.11. The van der Waals surface area contributed by atoms with Crippen LogP contribution in [0.2, 0.25) is 0 Å². The lowest BCUT2D eigenvalue weighted by Gasteiger charge is -2.13. The Morgan fingerprint density at radius 3 is 1.92 bits per heavy atom. The summed E-state index contributed by atoms with van der Waals surface area (Å²) in [5.41, 5.74) is 0. The lowest BCUT2D eigenvalue weighted by atomic mass is 10.1. The zero-order chi connectivity index (χ0) is 10.3. The number of thiol groups is 1. The largest absolute Gasteiger partial charge is 0.300 e. The highest BCUT2D eigenvalue weighted by Gasteiger charge is 2.12. The van der Waals surface area contributed by atoms with Crippen LogP contribution in [0.4, 0.5) is 0 Å². The molecule has 1 rings (SSSR count). The van der Waals surface area contributed by atoms with E-state index >= 15 is 0 Å². The Morgan fingerprint density at radius 1 is 1.38 bits per heavy atom. The van der Waals surface area contributed by atoms with Gasteiger partial charge in [0.25, 0.3) is 0 Å². The Bertz CT molecular complexity index is 204. The number of rotatable bonds is 2. The molecular weight excluding hydrogens is 200 g/mol. The van der Waals surface area contributed by atoms with Crippen molar-refractivity contribution in [2.45, 2.75) is 31.9 Å². The summed E-state index contributed by atoms with van der Waals surface area (Å²) in [6.45, 7) is 5.44. The van der Waals surface area contributed by atoms with Crippen LogP contribution in [-0.2, 0) is 4.79 Å². The van der Waals surface area contributed by atoms with Crippen molar-refractivity contribution in [1.82, 2.24) is 0 Å². The van der Waals surface area contributed by atoms with Crippen molar-refractivity contribution >= 4 is 29.7 Å². The summed E-state index contributed by atoms with van der Waals surface area (Å²) in [6.07, 6.45) is 0.552. The number of carbonyl (C=O) groups excluding carboxylic acids is 1. The van der Waals surface area contributed by atoms with Gasteiger partial charge in [0.05, 0.1) is 0 Å². The minimum atomic E-state index is -0.133. The van der Waals surface area contributed by atoms with E-state index in [-0.39, 0.29) is 10.5 Å². The van der Waals surface area contributed by atoms with Gasteiger partial charge in [0.1, 0.15) is 5.78 Å². The normalized spacial score (nSPS) is 10.2. The first-order chi connectivity index (χ1) is 5.92. The van der Waals surface area contributed by atoms with Crippen molar-refractivity contribution < 1.29 is 4.79 Å². The van der Waals surface area contributed by atoms with Crippen molar-refractivity contribution in [2.24, 2.45) is 0 Å². The maximum Gasteiger partial charge on any atom is 0.131 e. The standard InChI is InChI=1S/C6H12OS.C4H4S/c1-5(7)4-6(2,3)8;1-2-4-5-3-1/h8H,4H2,1-3H3;1-4H. The number of hydrogen-bond donors (Lipinski definition) is 1. The van der Waals surface area contributed by atoms with Crippen LogP contribution in [0.5, 0.6) is 0 Å². The van der Waals surface area contributed by atoms with E-state index in [1.807, 2.05) is 36.7 Å². The molecule has 0 aromatic carbocycles. The molecule has 0 fully saturated rings. The monoisotopic (exact) mass is 216 g/mol. The molecule has 1 heterocycles. The highest BCUT2D eigenvalue weighted by molar-refractivity contribution is 7.81. The van der Waals surface area contributed by atoms with E-state index in [0.29, 0.717) is 6.42 Å². The lowest BCUT2D eigenvalue weighted by Crippen LogP contribution is -2.14. The van der Waals surface area contributed by atoms with Gasteiger partial charge in [0.2, 0.25) is 0 Å². The highest BCUT2D eigenvalue weighted by atomic mass is 32.1. The topological polar surface area (TPSA) is 17.1 Å². The predicted octanol–water partition coefficient (Wildman–Crippen LogP) is 3.42. The lowest BCUT2D eigenvalue weighted by molar-refractivity contribution is -0.117. The number of Topliss-reactive ketones (excluding diaryl/α,β-unsaturated/α-hetero) is 1. The molecule has 0 radical (unpaired) electrons. The third kappa shape index (κ3) is 11.7. The van der Waals surface area contributed by atoms with Crippen LogP contribution in [0.3, 0.4) is 0 Å². The van der Waals surface area contributed by atoms with Crippen LogP contribution in [0.15, 0.2) is 22.9 Å². The van der Waals surface area contributed by atoms with Crippen LogP contribution in [0.1, 0.15) is 27.2 Å². The highest BCUT2D eigenvalue weighted by Crippen LogP contribution is 2.16. The number of hydrogen-bond acceptors (Lipinski definition) is 3. The van der Waals surface area contributed by atoms with Crippen molar-refractivity contribution in [3.63, 3.8) is 0 Å². The van der Waals surface area contributed by atoms with Crippen LogP contribution in [0.25, 0.3) is 0 Å². The fraction of sp³-hybridized carbons (Fsp3) is 0.500. The molecule has 1 aromatic heterocycles. The molecule has 1 nitrogen and oxygen atoms in total. The van der Waals surface area contributed by atoms with E-state index < -0.39 is 0 Å². The summed E-state index contributed by atoms with van der Waals surface area (Å²) in [5.74, 6) is 0.199. The molecule has 0 aliphatic carbocycles. The van der Waals surface area contributed by atoms with Crippen molar-refractivity contribution in [1.29, 1.82) is 0 Å². The van der Waals surface area contributed by atoms with E-state index in [1.54, 1.807) is 18.3 Å². The first-order valence-electron chi connectivity index (χ1n) is 4.11. The summed E-state index contributed by atoms with van der Waals surface area (Å²) in [4.78, 5) is 10.4. The second-order valence-electron chi connectivity index (χ2n) is 3.48. The van der Waals surface area contributed by atoms with Gasteiger partial charge in [-0.15, -0.1) is 0 Å². The van der Waals surface area contributed by atoms with Gasteiger partial charge in [0, 0.05) is 11.2 Å². The maximum absolute atomic E-state index is 10.4. The maximum atomic E-state index is 10.4. The number of thiophene rings is 1. The van der Waals surface area contributed by atoms with Gasteiger partial charge >= 0.3 is 0 Å². The summed E-state index contributed by atoms with van der Waals surface area (Å²) in [5, 5.41) is 4.08. The van der Waals surface area contributed by atoms with E-state index in [9.17, 15) is 4.79 Å². The SMILES string of the molecule is CC(=O)CC(C)(C)S.c1ccsc1. The molecule has 0 atom stereocenters. The van der Waals surface area contributed by atoms with Gasteiger partial charge in [-0.2, -0.15) is 24.0 Å². The van der Waals surface area contributed by atoms with E-state index in [2.05, 4.69) is 12.6 Å². The van der Waals surface area contributed by atoms with Crippen molar-refractivity contribution in [3.8, 4) is 0 Å². The summed E-state index contributed by atoms with van der Waals surface area (Å²) >= 11 is 5.89. The fourth-order valence-corrected chi connectivity index (χ4v) is 1.51. The van der Waals surface area contributed by atoms with Crippen LogP contribution in [-0.4, -0.2) is 10.5 Å². The molecule has 0 bridgehead atoms. The molecule has 74 valence electrons. The average molecular weight is 216 g/mol. The van der Waals surface area contributed by atoms with Crippen LogP contribution < -0.4 is 0 Å². The molecule has 0 N–H and O–H groups in total. The summed E-state index contributed by atoms with van der Waals surface area (Å²) in [6, 6.07) is 4.04. The Hall–Kier alpha value is -0.280. The Labute approximate surface area is 89.6 Å². The second kappa shape index (κ2) is 6.22. The van der Waals surface area contributed by atoms with Gasteiger partial charge in [0.15, 0.2) is 0 Å². The zero-order valence-electron chi connectivity index (χ0n) is 8.28. The fourth-order valence-electron chi connectivity index (χ4n) is 0.836. The molecule has 1 aromatic rings. The van der Waals surface area contributed by atoms with Gasteiger partial charge < -0.3 is 0 Å². The summed E-state index contributed by atoms with van der Waals surface area (Å²) in [7, 11) is 0. The molecule has 0 aliphatic rings. The average Bonchev–Trinajstić information content (AvgIpc) is 2.33. The second-order valence-corrected chi connectivity index (χ2v) is 5.51. The molecule has 13 heavy (non-hydrogen) atoms. The van der Waals surface area contributed by atoms with Gasteiger partial charge in [-0.05, 0) is 17.7 Å². The quantitative estimate of drug-likeness (QED) is 0.750. The predicted molar refractivity (Wildman–Crippen MR) is 62.7 cm³/mol. The van der Waals surface area contributed by atoms with Crippen LogP contribution >= 0.6 is 24.0 Å². The Morgan fingerprint density at radius 2 is 1.85 bits per heavy atom. The molecule has 0 amide bonds. The molecule has 0 aliphatic heterocycles. The molecule has 0 spiro atoms. The first-order valence-corrected chi connectivity index (χ1v) is 5.50. The Balaban J connectivity index is 0.000000243. The zero-order valence-corrected chi connectivity index (χ0v) is 9.99. The first kappa shape index (κ1) is 12.7. The van der Waals surface area contributed by atoms with E-state index in [1.165, 1.54) is 0 Å². The molecule has 3 heteroatoms. The molecule has 0 saturated heterocycles. The van der Waals surface area contributed by atoms with Crippen molar-refractivity contribution in [2.75, 3.05) is 0 Å². The van der Waals surface area contributed by atoms with Gasteiger partial charge in [-0.1, -0.05) is 26.0 Å². The van der Waals surface area contributed by atoms with Crippen LogP contribution in [0, 0.1) is 0 Å². The summed E-state index contributed by atoms with van der Waals surface area (Å²) < 4.78 is -0.133. The third-order valence-corrected chi connectivity index (χ3v) is 1.89. The number of ketones is 1. The minimum absolute atomic E-state index is 0.133. The van der Waals surface area contributed by atoms with Gasteiger partial charge in [-0.3, -0.25) is 4.79 Å². The molecular formula is C10H16OS2. The number of carbonyl (C=O) groups is 1. The smallest absolute Gasteiger partial charge is 0.131 e.